The van der Waals surface area contributed by atoms with Crippen LogP contribution in [0.15, 0.2) is 18.3 Å². The van der Waals surface area contributed by atoms with E-state index < -0.39 is 18.1 Å². The highest BCUT2D eigenvalue weighted by atomic mass is 16.3. The number of nitrogens with one attached hydrogen (secondary N) is 1. The first-order valence-corrected chi connectivity index (χ1v) is 5.03. The zero-order valence-corrected chi connectivity index (χ0v) is 8.87. The van der Waals surface area contributed by atoms with Gasteiger partial charge in [0.15, 0.2) is 5.65 Å². The molecule has 0 aliphatic rings. The number of primary amides is 1. The first-order valence-electron chi connectivity index (χ1n) is 5.03. The highest BCUT2D eigenvalue weighted by Crippen LogP contribution is 2.23. The van der Waals surface area contributed by atoms with Gasteiger partial charge in [-0.1, -0.05) is 0 Å². The van der Waals surface area contributed by atoms with Crippen molar-refractivity contribution >= 4 is 16.9 Å². The number of amides is 1. The molecule has 2 heterocycles. The summed E-state index contributed by atoms with van der Waals surface area (Å²) >= 11 is 0. The lowest BCUT2D eigenvalue weighted by Gasteiger charge is -2.14. The average Bonchev–Trinajstić information content (AvgIpc) is 2.70. The number of carbonyl (C=O) groups is 1. The maximum Gasteiger partial charge on any atom is 0.220 e. The molecule has 0 radical (unpaired) electrons. The Bertz CT molecular complexity index is 539. The molecule has 2 rings (SSSR count). The third-order valence-electron chi connectivity index (χ3n) is 2.43. The maximum absolute atomic E-state index is 10.7. The Morgan fingerprint density at radius 1 is 1.53 bits per heavy atom. The van der Waals surface area contributed by atoms with E-state index in [1.807, 2.05) is 0 Å². The van der Waals surface area contributed by atoms with Crippen LogP contribution >= 0.6 is 0 Å². The summed E-state index contributed by atoms with van der Waals surface area (Å²) in [6.07, 6.45) is -1.27. The van der Waals surface area contributed by atoms with Crippen LogP contribution in [0.2, 0.25) is 0 Å². The van der Waals surface area contributed by atoms with Gasteiger partial charge >= 0.3 is 0 Å². The summed E-state index contributed by atoms with van der Waals surface area (Å²) < 4.78 is 0. The first-order chi connectivity index (χ1) is 8.09. The number of rotatable bonds is 4. The summed E-state index contributed by atoms with van der Waals surface area (Å²) in [4.78, 5) is 14.6. The highest BCUT2D eigenvalue weighted by Gasteiger charge is 2.24. The molecule has 2 aromatic rings. The minimum absolute atomic E-state index is 0.318. The van der Waals surface area contributed by atoms with Crippen LogP contribution in [0.4, 0.5) is 0 Å². The molecule has 2 unspecified atom stereocenters. The quantitative estimate of drug-likeness (QED) is 0.554. The van der Waals surface area contributed by atoms with Gasteiger partial charge in [-0.25, -0.2) is 4.98 Å². The number of pyridine rings is 1. The van der Waals surface area contributed by atoms with Crippen LogP contribution in [0.25, 0.3) is 11.0 Å². The summed E-state index contributed by atoms with van der Waals surface area (Å²) in [7, 11) is 0. The molecule has 0 bridgehead atoms. The number of carbonyl (C=O) groups excluding carboxylic acids is 1. The summed E-state index contributed by atoms with van der Waals surface area (Å²) in [6.45, 7) is 0. The third-order valence-corrected chi connectivity index (χ3v) is 2.43. The molecule has 90 valence electrons. The second-order valence-electron chi connectivity index (χ2n) is 3.69. The van der Waals surface area contributed by atoms with Gasteiger partial charge in [0, 0.05) is 11.6 Å². The standard InChI is InChI=1S/C10H12N4O3/c11-7(16)4-6(15)9(17)8-5-2-1-3-12-10(5)14-13-8/h1-3,6,9,15,17H,4H2,(H2,11,16)(H,12,13,14). The lowest BCUT2D eigenvalue weighted by Crippen LogP contribution is -2.26. The summed E-state index contributed by atoms with van der Waals surface area (Å²) in [5, 5.41) is 26.5. The topological polar surface area (TPSA) is 125 Å². The molecule has 5 N–H and O–H groups in total. The van der Waals surface area contributed by atoms with Crippen molar-refractivity contribution in [1.82, 2.24) is 15.2 Å². The molecule has 7 nitrogen and oxygen atoms in total. The zero-order valence-electron chi connectivity index (χ0n) is 8.87. The number of fused-ring (bicyclic) bond motifs is 1. The van der Waals surface area contributed by atoms with Crippen LogP contribution in [0, 0.1) is 0 Å². The van der Waals surface area contributed by atoms with Crippen molar-refractivity contribution in [2.45, 2.75) is 18.6 Å². The highest BCUT2D eigenvalue weighted by molar-refractivity contribution is 5.78. The minimum Gasteiger partial charge on any atom is -0.389 e. The lowest BCUT2D eigenvalue weighted by atomic mass is 10.1. The summed E-state index contributed by atoms with van der Waals surface area (Å²) in [6, 6.07) is 3.40. The smallest absolute Gasteiger partial charge is 0.220 e. The Kier molecular flexibility index (Phi) is 3.03. The van der Waals surface area contributed by atoms with Crippen molar-refractivity contribution in [2.24, 2.45) is 5.73 Å². The number of nitrogens with zero attached hydrogens (tertiary/aromatic N) is 2. The van der Waals surface area contributed by atoms with Crippen LogP contribution in [-0.2, 0) is 4.79 Å². The van der Waals surface area contributed by atoms with E-state index >= 15 is 0 Å². The Labute approximate surface area is 96.3 Å². The van der Waals surface area contributed by atoms with E-state index in [1.165, 1.54) is 0 Å². The minimum atomic E-state index is -1.27. The van der Waals surface area contributed by atoms with E-state index in [9.17, 15) is 15.0 Å². The fourth-order valence-electron chi connectivity index (χ4n) is 1.61. The van der Waals surface area contributed by atoms with Gasteiger partial charge in [0.2, 0.25) is 5.91 Å². The van der Waals surface area contributed by atoms with E-state index in [-0.39, 0.29) is 6.42 Å². The molecular weight excluding hydrogens is 224 g/mol. The third kappa shape index (κ3) is 2.24. The Morgan fingerprint density at radius 3 is 3.00 bits per heavy atom. The number of aromatic amines is 1. The number of aliphatic hydroxyl groups is 2. The molecule has 0 aromatic carbocycles. The largest absolute Gasteiger partial charge is 0.389 e. The Balaban J connectivity index is 2.30. The number of nitrogens with two attached hydrogens (primary N) is 1. The van der Waals surface area contributed by atoms with Crippen molar-refractivity contribution in [3.05, 3.63) is 24.0 Å². The van der Waals surface area contributed by atoms with Gasteiger partial charge in [-0.05, 0) is 12.1 Å². The number of aromatic nitrogens is 3. The van der Waals surface area contributed by atoms with Crippen LogP contribution in [0.3, 0.4) is 0 Å². The molecule has 1 amide bonds. The first kappa shape index (κ1) is 11.5. The lowest BCUT2D eigenvalue weighted by molar-refractivity contribution is -0.121. The second-order valence-corrected chi connectivity index (χ2v) is 3.69. The van der Waals surface area contributed by atoms with Gasteiger partial charge in [0.05, 0.1) is 18.2 Å². The normalized spacial score (nSPS) is 14.7. The Morgan fingerprint density at radius 2 is 2.29 bits per heavy atom. The molecular formula is C10H12N4O3. The number of H-pyrrole nitrogens is 1. The average molecular weight is 236 g/mol. The van der Waals surface area contributed by atoms with Crippen molar-refractivity contribution in [3.63, 3.8) is 0 Å². The van der Waals surface area contributed by atoms with Gasteiger partial charge in [-0.3, -0.25) is 9.89 Å². The predicted octanol–water partition coefficient (Wildman–Crippen LogP) is -0.772. The van der Waals surface area contributed by atoms with Gasteiger partial charge in [0.1, 0.15) is 6.10 Å². The molecule has 0 aliphatic carbocycles. The van der Waals surface area contributed by atoms with Crippen LogP contribution in [0.5, 0.6) is 0 Å². The molecule has 0 saturated heterocycles. The molecule has 2 atom stereocenters. The molecule has 0 fully saturated rings. The van der Waals surface area contributed by atoms with Crippen molar-refractivity contribution in [1.29, 1.82) is 0 Å². The summed E-state index contributed by atoms with van der Waals surface area (Å²) in [5.41, 5.74) is 5.71. The zero-order chi connectivity index (χ0) is 12.4. The van der Waals surface area contributed by atoms with Crippen molar-refractivity contribution in [2.75, 3.05) is 0 Å². The maximum atomic E-state index is 10.7. The van der Waals surface area contributed by atoms with Crippen molar-refractivity contribution < 1.29 is 15.0 Å². The van der Waals surface area contributed by atoms with E-state index in [0.717, 1.165) is 0 Å². The molecule has 17 heavy (non-hydrogen) atoms. The summed E-state index contributed by atoms with van der Waals surface area (Å²) in [5.74, 6) is -0.682. The fraction of sp³-hybridized carbons (Fsp3) is 0.300. The number of hydrogen-bond acceptors (Lipinski definition) is 5. The van der Waals surface area contributed by atoms with Crippen LogP contribution in [0.1, 0.15) is 18.2 Å². The fourth-order valence-corrected chi connectivity index (χ4v) is 1.61. The van der Waals surface area contributed by atoms with Crippen LogP contribution < -0.4 is 5.73 Å². The van der Waals surface area contributed by atoms with E-state index in [2.05, 4.69) is 15.2 Å². The van der Waals surface area contributed by atoms with Gasteiger partial charge in [-0.2, -0.15) is 5.10 Å². The predicted molar refractivity (Wildman–Crippen MR) is 58.7 cm³/mol. The monoisotopic (exact) mass is 236 g/mol. The van der Waals surface area contributed by atoms with Crippen LogP contribution in [-0.4, -0.2) is 37.4 Å². The molecule has 2 aromatic heterocycles. The SMILES string of the molecule is NC(=O)CC(O)C(O)c1[nH]nc2ncccc12. The van der Waals surface area contributed by atoms with E-state index in [0.29, 0.717) is 16.7 Å². The van der Waals surface area contributed by atoms with Crippen molar-refractivity contribution in [3.8, 4) is 0 Å². The molecule has 0 aliphatic heterocycles. The molecule has 0 saturated carbocycles. The van der Waals surface area contributed by atoms with Gasteiger partial charge in [-0.15, -0.1) is 0 Å². The van der Waals surface area contributed by atoms with E-state index in [1.54, 1.807) is 18.3 Å². The number of aliphatic hydroxyl groups excluding tert-OH is 2. The molecule has 0 spiro atoms. The van der Waals surface area contributed by atoms with Gasteiger partial charge < -0.3 is 15.9 Å². The Hall–Kier alpha value is -1.99. The van der Waals surface area contributed by atoms with E-state index in [4.69, 9.17) is 5.73 Å². The number of hydrogen-bond donors (Lipinski definition) is 4. The van der Waals surface area contributed by atoms with Gasteiger partial charge in [0.25, 0.3) is 0 Å². The second kappa shape index (κ2) is 4.48. The molecule has 7 heteroatoms.